The number of aromatic amines is 1. The molecule has 2 N–H and O–H groups in total. The van der Waals surface area contributed by atoms with Gasteiger partial charge in [0, 0.05) is 38.3 Å². The highest BCUT2D eigenvalue weighted by molar-refractivity contribution is 5.81. The van der Waals surface area contributed by atoms with Gasteiger partial charge in [-0.3, -0.25) is 4.79 Å². The summed E-state index contributed by atoms with van der Waals surface area (Å²) in [6, 6.07) is 8.45. The first-order valence-electron chi connectivity index (χ1n) is 9.34. The zero-order valence-electron chi connectivity index (χ0n) is 15.8. The lowest BCUT2D eigenvalue weighted by atomic mass is 10.0. The van der Waals surface area contributed by atoms with Crippen molar-refractivity contribution in [1.29, 1.82) is 0 Å². The number of carbonyl (C=O) groups is 2. The highest BCUT2D eigenvalue weighted by Gasteiger charge is 2.27. The second-order valence-electron chi connectivity index (χ2n) is 7.10. The molecular weight excluding hydrogens is 328 g/mol. The Morgan fingerprint density at radius 3 is 2.88 bits per heavy atom. The number of hydrogen-bond donors (Lipinski definition) is 2. The van der Waals surface area contributed by atoms with Crippen molar-refractivity contribution in [3.63, 3.8) is 0 Å². The first-order valence-corrected chi connectivity index (χ1v) is 9.34. The van der Waals surface area contributed by atoms with Crippen LogP contribution in [0.4, 0.5) is 4.79 Å². The zero-order chi connectivity index (χ0) is 18.7. The smallest absolute Gasteiger partial charge is 0.317 e. The van der Waals surface area contributed by atoms with Crippen molar-refractivity contribution in [3.05, 3.63) is 35.5 Å². The Morgan fingerprint density at radius 1 is 1.35 bits per heavy atom. The van der Waals surface area contributed by atoms with Crippen LogP contribution in [0.25, 0.3) is 10.9 Å². The molecule has 3 rings (SSSR count). The van der Waals surface area contributed by atoms with E-state index in [1.807, 2.05) is 11.9 Å². The van der Waals surface area contributed by atoms with Crippen LogP contribution in [0.2, 0.25) is 0 Å². The molecule has 26 heavy (non-hydrogen) atoms. The van der Waals surface area contributed by atoms with Crippen molar-refractivity contribution in [2.75, 3.05) is 20.1 Å². The molecule has 3 amide bonds. The van der Waals surface area contributed by atoms with Gasteiger partial charge < -0.3 is 20.1 Å². The van der Waals surface area contributed by atoms with Crippen molar-refractivity contribution in [1.82, 2.24) is 20.1 Å². The second-order valence-corrected chi connectivity index (χ2v) is 7.10. The molecule has 6 heteroatoms. The molecule has 1 aromatic heterocycles. The number of fused-ring (bicyclic) bond motifs is 1. The van der Waals surface area contributed by atoms with E-state index in [1.54, 1.807) is 11.8 Å². The van der Waals surface area contributed by atoms with E-state index in [0.717, 1.165) is 37.0 Å². The van der Waals surface area contributed by atoms with E-state index in [0.29, 0.717) is 13.1 Å². The summed E-state index contributed by atoms with van der Waals surface area (Å²) < 4.78 is 0. The van der Waals surface area contributed by atoms with Gasteiger partial charge in [0.25, 0.3) is 0 Å². The van der Waals surface area contributed by atoms with Crippen LogP contribution in [0, 0.1) is 0 Å². The van der Waals surface area contributed by atoms with Gasteiger partial charge >= 0.3 is 6.03 Å². The maximum atomic E-state index is 12.5. The number of aromatic nitrogens is 1. The molecule has 1 saturated heterocycles. The monoisotopic (exact) mass is 356 g/mol. The lowest BCUT2D eigenvalue weighted by molar-refractivity contribution is -0.130. The number of aryl methyl sites for hydroxylation is 1. The Hall–Kier alpha value is -2.50. The largest absolute Gasteiger partial charge is 0.357 e. The molecule has 0 unspecified atom stereocenters. The number of urea groups is 1. The van der Waals surface area contributed by atoms with E-state index >= 15 is 0 Å². The van der Waals surface area contributed by atoms with Gasteiger partial charge in [-0.1, -0.05) is 13.0 Å². The first-order chi connectivity index (χ1) is 12.5. The van der Waals surface area contributed by atoms with Gasteiger partial charge in [-0.2, -0.15) is 0 Å². The van der Waals surface area contributed by atoms with Gasteiger partial charge in [-0.05, 0) is 48.4 Å². The fourth-order valence-electron chi connectivity index (χ4n) is 3.58. The molecule has 0 aliphatic carbocycles. The van der Waals surface area contributed by atoms with E-state index in [9.17, 15) is 9.59 Å². The lowest BCUT2D eigenvalue weighted by Crippen LogP contribution is -2.52. The molecule has 1 aromatic carbocycles. The number of likely N-dealkylation sites (N-methyl/N-ethyl adjacent to an activating group) is 1. The topological polar surface area (TPSA) is 68.4 Å². The number of benzene rings is 1. The van der Waals surface area contributed by atoms with E-state index in [4.69, 9.17) is 0 Å². The molecule has 6 nitrogen and oxygen atoms in total. The number of carbonyl (C=O) groups excluding carboxylic acids is 2. The Balaban J connectivity index is 1.58. The van der Waals surface area contributed by atoms with Gasteiger partial charge in [-0.15, -0.1) is 0 Å². The zero-order valence-corrected chi connectivity index (χ0v) is 15.8. The van der Waals surface area contributed by atoms with Crippen LogP contribution in [0.1, 0.15) is 37.9 Å². The lowest BCUT2D eigenvalue weighted by Gasteiger charge is -2.37. The molecule has 0 radical (unpaired) electrons. The van der Waals surface area contributed by atoms with E-state index in [2.05, 4.69) is 41.5 Å². The fourth-order valence-corrected chi connectivity index (χ4v) is 3.58. The third kappa shape index (κ3) is 4.00. The molecule has 0 saturated carbocycles. The van der Waals surface area contributed by atoms with Gasteiger partial charge in [-0.25, -0.2) is 4.79 Å². The van der Waals surface area contributed by atoms with Crippen molar-refractivity contribution in [3.8, 4) is 0 Å². The molecule has 2 heterocycles. The van der Waals surface area contributed by atoms with Crippen molar-refractivity contribution in [2.24, 2.45) is 0 Å². The molecule has 0 spiro atoms. The predicted molar refractivity (Wildman–Crippen MR) is 103 cm³/mol. The molecule has 1 fully saturated rings. The third-order valence-corrected chi connectivity index (χ3v) is 5.29. The SMILES string of the molecule is CCc1ccc2[nH]c(CNC(=O)N(C)[C@@H]3CCCN(C(C)=O)C3)cc2c1. The average molecular weight is 356 g/mol. The van der Waals surface area contributed by atoms with Crippen LogP contribution in [-0.4, -0.2) is 52.9 Å². The normalized spacial score (nSPS) is 17.3. The standard InChI is InChI=1S/C20H28N4O2/c1-4-15-7-8-19-16(10-15)11-17(22-19)12-21-20(26)23(3)18-6-5-9-24(13-18)14(2)25/h7-8,10-11,18,22H,4-6,9,12-13H2,1-3H3,(H,21,26)/t18-/m1/s1. The number of hydrogen-bond acceptors (Lipinski definition) is 2. The maximum Gasteiger partial charge on any atom is 0.317 e. The third-order valence-electron chi connectivity index (χ3n) is 5.29. The summed E-state index contributed by atoms with van der Waals surface area (Å²) in [5.41, 5.74) is 3.38. The summed E-state index contributed by atoms with van der Waals surface area (Å²) in [7, 11) is 1.81. The molecule has 1 aliphatic rings. The molecule has 1 atom stereocenters. The number of piperidine rings is 1. The number of likely N-dealkylation sites (tertiary alicyclic amines) is 1. The van der Waals surface area contributed by atoms with Crippen molar-refractivity contribution < 1.29 is 9.59 Å². The summed E-state index contributed by atoms with van der Waals surface area (Å²) >= 11 is 0. The highest BCUT2D eigenvalue weighted by atomic mass is 16.2. The minimum absolute atomic E-state index is 0.0717. The molecule has 1 aliphatic heterocycles. The quantitative estimate of drug-likeness (QED) is 0.884. The predicted octanol–water partition coefficient (Wildman–Crippen LogP) is 2.88. The highest BCUT2D eigenvalue weighted by Crippen LogP contribution is 2.18. The summed E-state index contributed by atoms with van der Waals surface area (Å²) in [4.78, 5) is 31.0. The Kier molecular flexibility index (Phi) is 5.49. The number of nitrogens with zero attached hydrogens (tertiary/aromatic N) is 2. The van der Waals surface area contributed by atoms with Crippen LogP contribution in [0.15, 0.2) is 24.3 Å². The number of nitrogens with one attached hydrogen (secondary N) is 2. The van der Waals surface area contributed by atoms with Gasteiger partial charge in [0.2, 0.25) is 5.91 Å². The molecule has 140 valence electrons. The number of amides is 3. The van der Waals surface area contributed by atoms with E-state index < -0.39 is 0 Å². The minimum Gasteiger partial charge on any atom is -0.357 e. The van der Waals surface area contributed by atoms with Gasteiger partial charge in [0.1, 0.15) is 0 Å². The summed E-state index contributed by atoms with van der Waals surface area (Å²) in [5, 5.41) is 4.15. The summed E-state index contributed by atoms with van der Waals surface area (Å²) in [6.07, 6.45) is 2.88. The molecule has 2 aromatic rings. The van der Waals surface area contributed by atoms with Crippen LogP contribution in [-0.2, 0) is 17.8 Å². The van der Waals surface area contributed by atoms with Crippen molar-refractivity contribution in [2.45, 2.75) is 45.7 Å². The van der Waals surface area contributed by atoms with Crippen molar-refractivity contribution >= 4 is 22.8 Å². The molecular formula is C20H28N4O2. The van der Waals surface area contributed by atoms with Gasteiger partial charge in [0.05, 0.1) is 12.6 Å². The Bertz CT molecular complexity index is 798. The fraction of sp³-hybridized carbons (Fsp3) is 0.500. The second kappa shape index (κ2) is 7.81. The van der Waals surface area contributed by atoms with E-state index in [1.165, 1.54) is 10.9 Å². The summed E-state index contributed by atoms with van der Waals surface area (Å²) in [6.45, 7) is 5.59. The van der Waals surface area contributed by atoms with Crippen LogP contribution in [0.3, 0.4) is 0 Å². The number of rotatable bonds is 4. The van der Waals surface area contributed by atoms with Crippen LogP contribution >= 0.6 is 0 Å². The maximum absolute atomic E-state index is 12.5. The van der Waals surface area contributed by atoms with Crippen LogP contribution in [0.5, 0.6) is 0 Å². The van der Waals surface area contributed by atoms with E-state index in [-0.39, 0.29) is 18.0 Å². The first kappa shape index (κ1) is 18.3. The average Bonchev–Trinajstić information content (AvgIpc) is 3.07. The Morgan fingerprint density at radius 2 is 2.15 bits per heavy atom. The number of H-pyrrole nitrogens is 1. The minimum atomic E-state index is -0.103. The van der Waals surface area contributed by atoms with Crippen LogP contribution < -0.4 is 5.32 Å². The van der Waals surface area contributed by atoms with Gasteiger partial charge in [0.15, 0.2) is 0 Å². The Labute approximate surface area is 154 Å². The summed E-state index contributed by atoms with van der Waals surface area (Å²) in [5.74, 6) is 0.0769. The molecule has 0 bridgehead atoms.